The van der Waals surface area contributed by atoms with Gasteiger partial charge >= 0.3 is 0 Å². The average molecular weight is 204 g/mol. The van der Waals surface area contributed by atoms with Gasteiger partial charge in [0.25, 0.3) is 0 Å². The van der Waals surface area contributed by atoms with Crippen molar-refractivity contribution in [3.05, 3.63) is 35.4 Å². The Balaban J connectivity index is 2.12. The van der Waals surface area contributed by atoms with E-state index in [0.29, 0.717) is 5.92 Å². The van der Waals surface area contributed by atoms with Crippen LogP contribution in [0.25, 0.3) is 0 Å². The van der Waals surface area contributed by atoms with E-state index in [1.807, 2.05) is 12.1 Å². The molecule has 0 saturated heterocycles. The van der Waals surface area contributed by atoms with Gasteiger partial charge in [-0.15, -0.1) is 0 Å². The SMILES string of the molecule is Cc1ccccc1[C@@H](O)C1CCCCC1. The second-order valence-corrected chi connectivity index (χ2v) is 4.70. The Hall–Kier alpha value is -0.820. The Labute approximate surface area is 92.1 Å². The fraction of sp³-hybridized carbons (Fsp3) is 0.571. The molecule has 1 aliphatic rings. The molecule has 1 aromatic rings. The first-order valence-electron chi connectivity index (χ1n) is 6.02. The van der Waals surface area contributed by atoms with Crippen molar-refractivity contribution in [2.45, 2.75) is 45.1 Å². The molecule has 1 aliphatic carbocycles. The van der Waals surface area contributed by atoms with E-state index >= 15 is 0 Å². The highest BCUT2D eigenvalue weighted by Gasteiger charge is 2.23. The van der Waals surface area contributed by atoms with E-state index in [-0.39, 0.29) is 6.10 Å². The summed E-state index contributed by atoms with van der Waals surface area (Å²) in [6.07, 6.45) is 6.05. The number of hydrogen-bond donors (Lipinski definition) is 1. The lowest BCUT2D eigenvalue weighted by atomic mass is 9.82. The summed E-state index contributed by atoms with van der Waals surface area (Å²) in [7, 11) is 0. The van der Waals surface area contributed by atoms with Crippen molar-refractivity contribution < 1.29 is 5.11 Å². The van der Waals surface area contributed by atoms with Gasteiger partial charge in [0, 0.05) is 0 Å². The Morgan fingerprint density at radius 1 is 1.13 bits per heavy atom. The second-order valence-electron chi connectivity index (χ2n) is 4.70. The molecule has 1 atom stereocenters. The first-order chi connectivity index (χ1) is 7.29. The lowest BCUT2D eigenvalue weighted by Crippen LogP contribution is -2.16. The number of aliphatic hydroxyl groups excluding tert-OH is 1. The Kier molecular flexibility index (Phi) is 3.42. The fourth-order valence-electron chi connectivity index (χ4n) is 2.62. The Bertz CT molecular complexity index is 313. The minimum atomic E-state index is -0.244. The van der Waals surface area contributed by atoms with E-state index in [0.717, 1.165) is 5.56 Å². The van der Waals surface area contributed by atoms with Crippen LogP contribution in [0.3, 0.4) is 0 Å². The van der Waals surface area contributed by atoms with Crippen LogP contribution in [0.1, 0.15) is 49.3 Å². The van der Waals surface area contributed by atoms with Gasteiger partial charge in [-0.25, -0.2) is 0 Å². The van der Waals surface area contributed by atoms with Crippen LogP contribution in [0, 0.1) is 12.8 Å². The zero-order valence-corrected chi connectivity index (χ0v) is 9.45. The van der Waals surface area contributed by atoms with E-state index in [1.165, 1.54) is 37.7 Å². The largest absolute Gasteiger partial charge is 0.388 e. The molecule has 1 N–H and O–H groups in total. The molecule has 2 rings (SSSR count). The molecule has 0 aromatic heterocycles. The van der Waals surface area contributed by atoms with Crippen LogP contribution in [0.5, 0.6) is 0 Å². The maximum absolute atomic E-state index is 10.3. The van der Waals surface area contributed by atoms with Crippen molar-refractivity contribution in [1.82, 2.24) is 0 Å². The number of benzene rings is 1. The van der Waals surface area contributed by atoms with Gasteiger partial charge in [-0.3, -0.25) is 0 Å². The standard InChI is InChI=1S/C14H20O/c1-11-7-5-6-10-13(11)14(15)12-8-3-2-4-9-12/h5-7,10,12,14-15H,2-4,8-9H2,1H3/t14-/m0/s1. The van der Waals surface area contributed by atoms with Gasteiger partial charge in [-0.2, -0.15) is 0 Å². The zero-order chi connectivity index (χ0) is 10.7. The van der Waals surface area contributed by atoms with E-state index in [9.17, 15) is 5.11 Å². The lowest BCUT2D eigenvalue weighted by molar-refractivity contribution is 0.0843. The minimum Gasteiger partial charge on any atom is -0.388 e. The van der Waals surface area contributed by atoms with E-state index in [2.05, 4.69) is 19.1 Å². The number of aryl methyl sites for hydroxylation is 1. The van der Waals surface area contributed by atoms with Crippen LogP contribution in [-0.2, 0) is 0 Å². The number of hydrogen-bond acceptors (Lipinski definition) is 1. The molecule has 0 amide bonds. The predicted molar refractivity (Wildman–Crippen MR) is 62.7 cm³/mol. The summed E-state index contributed by atoms with van der Waals surface area (Å²) in [5.74, 6) is 0.486. The molecule has 82 valence electrons. The molecule has 0 spiro atoms. The third kappa shape index (κ3) is 2.40. The molecule has 15 heavy (non-hydrogen) atoms. The van der Waals surface area contributed by atoms with Gasteiger partial charge in [0.05, 0.1) is 6.10 Å². The van der Waals surface area contributed by atoms with Crippen LogP contribution < -0.4 is 0 Å². The van der Waals surface area contributed by atoms with Gasteiger partial charge in [0.2, 0.25) is 0 Å². The molecule has 1 fully saturated rings. The van der Waals surface area contributed by atoms with E-state index < -0.39 is 0 Å². The predicted octanol–water partition coefficient (Wildman–Crippen LogP) is 3.61. The van der Waals surface area contributed by atoms with Gasteiger partial charge in [0.15, 0.2) is 0 Å². The lowest BCUT2D eigenvalue weighted by Gasteiger charge is -2.27. The molecule has 1 aromatic carbocycles. The van der Waals surface area contributed by atoms with Crippen LogP contribution in [-0.4, -0.2) is 5.11 Å². The summed E-state index contributed by atoms with van der Waals surface area (Å²) in [5, 5.41) is 10.3. The van der Waals surface area contributed by atoms with Crippen molar-refractivity contribution in [2.75, 3.05) is 0 Å². The fourth-order valence-corrected chi connectivity index (χ4v) is 2.62. The molecule has 0 aliphatic heterocycles. The van der Waals surface area contributed by atoms with Crippen molar-refractivity contribution in [3.63, 3.8) is 0 Å². The summed E-state index contributed by atoms with van der Waals surface area (Å²) >= 11 is 0. The van der Waals surface area contributed by atoms with Crippen LogP contribution in [0.15, 0.2) is 24.3 Å². The quantitative estimate of drug-likeness (QED) is 0.780. The highest BCUT2D eigenvalue weighted by Crippen LogP contribution is 2.35. The number of aliphatic hydroxyl groups is 1. The third-order valence-corrected chi connectivity index (χ3v) is 3.60. The molecule has 0 heterocycles. The molecule has 1 heteroatoms. The minimum absolute atomic E-state index is 0.244. The molecule has 0 radical (unpaired) electrons. The third-order valence-electron chi connectivity index (χ3n) is 3.60. The Morgan fingerprint density at radius 2 is 1.80 bits per heavy atom. The molecular weight excluding hydrogens is 184 g/mol. The molecule has 1 nitrogen and oxygen atoms in total. The number of rotatable bonds is 2. The molecular formula is C14H20O. The normalized spacial score (nSPS) is 20.1. The van der Waals surface area contributed by atoms with Gasteiger partial charge in [-0.1, -0.05) is 43.5 Å². The van der Waals surface area contributed by atoms with Gasteiger partial charge in [-0.05, 0) is 36.8 Å². The highest BCUT2D eigenvalue weighted by atomic mass is 16.3. The zero-order valence-electron chi connectivity index (χ0n) is 9.45. The van der Waals surface area contributed by atoms with Gasteiger partial charge in [0.1, 0.15) is 0 Å². The Morgan fingerprint density at radius 3 is 2.47 bits per heavy atom. The maximum atomic E-state index is 10.3. The first-order valence-corrected chi connectivity index (χ1v) is 6.02. The molecule has 0 unspecified atom stereocenters. The van der Waals surface area contributed by atoms with E-state index in [1.54, 1.807) is 0 Å². The van der Waals surface area contributed by atoms with Crippen LogP contribution in [0.4, 0.5) is 0 Å². The first kappa shape index (κ1) is 10.7. The summed E-state index contributed by atoms with van der Waals surface area (Å²) in [6.45, 7) is 2.08. The smallest absolute Gasteiger partial charge is 0.0820 e. The molecule has 1 saturated carbocycles. The van der Waals surface area contributed by atoms with Crippen molar-refractivity contribution in [1.29, 1.82) is 0 Å². The van der Waals surface area contributed by atoms with Crippen LogP contribution >= 0.6 is 0 Å². The van der Waals surface area contributed by atoms with Crippen LogP contribution in [0.2, 0.25) is 0 Å². The van der Waals surface area contributed by atoms with Crippen molar-refractivity contribution in [3.8, 4) is 0 Å². The summed E-state index contributed by atoms with van der Waals surface area (Å²) in [5.41, 5.74) is 2.35. The van der Waals surface area contributed by atoms with E-state index in [4.69, 9.17) is 0 Å². The van der Waals surface area contributed by atoms with Crippen molar-refractivity contribution in [2.24, 2.45) is 5.92 Å². The second kappa shape index (κ2) is 4.80. The van der Waals surface area contributed by atoms with Crippen molar-refractivity contribution >= 4 is 0 Å². The summed E-state index contributed by atoms with van der Waals surface area (Å²) in [6, 6.07) is 8.21. The molecule has 0 bridgehead atoms. The average Bonchev–Trinajstić information content (AvgIpc) is 2.30. The summed E-state index contributed by atoms with van der Waals surface area (Å²) in [4.78, 5) is 0. The maximum Gasteiger partial charge on any atom is 0.0820 e. The highest BCUT2D eigenvalue weighted by molar-refractivity contribution is 5.28. The van der Waals surface area contributed by atoms with Gasteiger partial charge < -0.3 is 5.11 Å². The topological polar surface area (TPSA) is 20.2 Å². The summed E-state index contributed by atoms with van der Waals surface area (Å²) < 4.78 is 0. The monoisotopic (exact) mass is 204 g/mol.